The molecule has 0 aromatic carbocycles. The molecule has 3 heteroatoms. The molecule has 1 fully saturated rings. The van der Waals surface area contributed by atoms with Gasteiger partial charge in [0, 0.05) is 6.20 Å². The summed E-state index contributed by atoms with van der Waals surface area (Å²) in [7, 11) is 0. The molecule has 0 aromatic heterocycles. The molecular weight excluding hydrogens is 118 g/mol. The number of ether oxygens (including phenoxy) is 1. The van der Waals surface area contributed by atoms with Gasteiger partial charge >= 0.3 is 6.09 Å². The zero-order chi connectivity index (χ0) is 6.69. The van der Waals surface area contributed by atoms with Gasteiger partial charge in [0.15, 0.2) is 0 Å². The Morgan fingerprint density at radius 3 is 3.00 bits per heavy atom. The van der Waals surface area contributed by atoms with Crippen LogP contribution in [0.4, 0.5) is 4.79 Å². The first-order chi connectivity index (χ1) is 4.34. The van der Waals surface area contributed by atoms with Crippen molar-refractivity contribution in [3.05, 3.63) is 12.3 Å². The molecule has 1 aliphatic heterocycles. The maximum absolute atomic E-state index is 10.6. The van der Waals surface area contributed by atoms with E-state index in [9.17, 15) is 4.79 Å². The van der Waals surface area contributed by atoms with E-state index in [4.69, 9.17) is 0 Å². The van der Waals surface area contributed by atoms with Crippen LogP contribution in [-0.4, -0.2) is 24.1 Å². The summed E-state index contributed by atoms with van der Waals surface area (Å²) in [5.41, 5.74) is 0. The number of allylic oxidation sites excluding steroid dienone is 1. The van der Waals surface area contributed by atoms with Gasteiger partial charge in [0.2, 0.25) is 0 Å². The minimum atomic E-state index is -0.242. The van der Waals surface area contributed by atoms with Crippen LogP contribution in [0.2, 0.25) is 0 Å². The first kappa shape index (κ1) is 6.13. The number of carbonyl (C=O) groups is 1. The van der Waals surface area contributed by atoms with E-state index in [0.29, 0.717) is 13.2 Å². The fourth-order valence-electron chi connectivity index (χ4n) is 0.721. The molecule has 1 heterocycles. The van der Waals surface area contributed by atoms with Gasteiger partial charge < -0.3 is 4.74 Å². The van der Waals surface area contributed by atoms with Crippen molar-refractivity contribution in [1.29, 1.82) is 0 Å². The van der Waals surface area contributed by atoms with E-state index in [1.807, 2.05) is 13.0 Å². The molecule has 1 saturated heterocycles. The Labute approximate surface area is 53.9 Å². The third-order valence-corrected chi connectivity index (χ3v) is 1.12. The van der Waals surface area contributed by atoms with Gasteiger partial charge in [0.25, 0.3) is 0 Å². The van der Waals surface area contributed by atoms with Crippen molar-refractivity contribution >= 4 is 6.09 Å². The zero-order valence-electron chi connectivity index (χ0n) is 5.33. The summed E-state index contributed by atoms with van der Waals surface area (Å²) in [5, 5.41) is 0. The molecule has 0 atom stereocenters. The first-order valence-electron chi connectivity index (χ1n) is 2.91. The second-order valence-electron chi connectivity index (χ2n) is 1.79. The van der Waals surface area contributed by atoms with E-state index in [2.05, 4.69) is 4.74 Å². The molecule has 3 nitrogen and oxygen atoms in total. The Hall–Kier alpha value is -0.990. The maximum Gasteiger partial charge on any atom is 0.413 e. The zero-order valence-corrected chi connectivity index (χ0v) is 5.33. The minimum absolute atomic E-state index is 0.242. The summed E-state index contributed by atoms with van der Waals surface area (Å²) in [6.07, 6.45) is 3.29. The minimum Gasteiger partial charge on any atom is -0.447 e. The molecule has 0 bridgehead atoms. The Morgan fingerprint density at radius 1 is 1.78 bits per heavy atom. The predicted molar refractivity (Wildman–Crippen MR) is 32.9 cm³/mol. The van der Waals surface area contributed by atoms with E-state index in [0.717, 1.165) is 0 Å². The molecule has 0 unspecified atom stereocenters. The molecule has 0 N–H and O–H groups in total. The Kier molecular flexibility index (Phi) is 1.72. The summed E-state index contributed by atoms with van der Waals surface area (Å²) in [4.78, 5) is 12.2. The second-order valence-corrected chi connectivity index (χ2v) is 1.79. The van der Waals surface area contributed by atoms with Gasteiger partial charge in [-0.25, -0.2) is 4.79 Å². The fraction of sp³-hybridized carbons (Fsp3) is 0.500. The third-order valence-electron chi connectivity index (χ3n) is 1.12. The largest absolute Gasteiger partial charge is 0.447 e. The molecular formula is C6H9NO2. The lowest BCUT2D eigenvalue weighted by atomic mass is 10.6. The second kappa shape index (κ2) is 2.53. The van der Waals surface area contributed by atoms with Gasteiger partial charge in [-0.05, 0) is 6.92 Å². The van der Waals surface area contributed by atoms with Gasteiger partial charge in [-0.1, -0.05) is 6.08 Å². The number of nitrogens with zero attached hydrogens (tertiary/aromatic N) is 1. The van der Waals surface area contributed by atoms with Crippen LogP contribution in [0.3, 0.4) is 0 Å². The normalized spacial score (nSPS) is 19.2. The number of hydrogen-bond acceptors (Lipinski definition) is 2. The number of carbonyl (C=O) groups excluding carboxylic acids is 1. The highest BCUT2D eigenvalue weighted by atomic mass is 16.6. The maximum atomic E-state index is 10.6. The summed E-state index contributed by atoms with van der Waals surface area (Å²) >= 11 is 0. The fourth-order valence-corrected chi connectivity index (χ4v) is 0.721. The average Bonchev–Trinajstić information content (AvgIpc) is 2.18. The molecule has 0 spiro atoms. The standard InChI is InChI=1S/C6H9NO2/c1-2-3-7-4-5-9-6(7)8/h2-3H,4-5H2,1H3/b3-2+. The van der Waals surface area contributed by atoms with Crippen LogP contribution in [-0.2, 0) is 4.74 Å². The lowest BCUT2D eigenvalue weighted by Gasteiger charge is -2.02. The molecule has 0 radical (unpaired) electrons. The highest BCUT2D eigenvalue weighted by molar-refractivity contribution is 5.70. The number of amides is 1. The van der Waals surface area contributed by atoms with Crippen LogP contribution in [0.1, 0.15) is 6.92 Å². The van der Waals surface area contributed by atoms with Crippen LogP contribution in [0.15, 0.2) is 12.3 Å². The third kappa shape index (κ3) is 1.22. The van der Waals surface area contributed by atoms with Crippen molar-refractivity contribution in [2.24, 2.45) is 0 Å². The van der Waals surface area contributed by atoms with Crippen LogP contribution < -0.4 is 0 Å². The highest BCUT2D eigenvalue weighted by Gasteiger charge is 2.18. The van der Waals surface area contributed by atoms with Crippen molar-refractivity contribution < 1.29 is 9.53 Å². The van der Waals surface area contributed by atoms with E-state index < -0.39 is 0 Å². The quantitative estimate of drug-likeness (QED) is 0.525. The molecule has 1 amide bonds. The first-order valence-corrected chi connectivity index (χ1v) is 2.91. The summed E-state index contributed by atoms with van der Waals surface area (Å²) < 4.78 is 4.65. The Bertz CT molecular complexity index is 142. The van der Waals surface area contributed by atoms with Crippen molar-refractivity contribution in [3.8, 4) is 0 Å². The van der Waals surface area contributed by atoms with Crippen LogP contribution in [0, 0.1) is 0 Å². The lowest BCUT2D eigenvalue weighted by molar-refractivity contribution is 0.166. The van der Waals surface area contributed by atoms with Crippen LogP contribution >= 0.6 is 0 Å². The summed E-state index contributed by atoms with van der Waals surface area (Å²) in [6.45, 7) is 3.07. The smallest absolute Gasteiger partial charge is 0.413 e. The van der Waals surface area contributed by atoms with Crippen LogP contribution in [0.25, 0.3) is 0 Å². The monoisotopic (exact) mass is 127 g/mol. The van der Waals surface area contributed by atoms with Gasteiger partial charge in [0.1, 0.15) is 6.61 Å². The molecule has 0 aliphatic carbocycles. The molecule has 1 aliphatic rings. The van der Waals surface area contributed by atoms with E-state index >= 15 is 0 Å². The van der Waals surface area contributed by atoms with Crippen molar-refractivity contribution in [2.45, 2.75) is 6.92 Å². The summed E-state index contributed by atoms with van der Waals surface area (Å²) in [6, 6.07) is 0. The molecule has 0 aromatic rings. The molecule has 50 valence electrons. The lowest BCUT2D eigenvalue weighted by Crippen LogP contribution is -2.16. The van der Waals surface area contributed by atoms with Gasteiger partial charge in [0.05, 0.1) is 6.54 Å². The number of hydrogen-bond donors (Lipinski definition) is 0. The summed E-state index contributed by atoms with van der Waals surface area (Å²) in [5.74, 6) is 0. The van der Waals surface area contributed by atoms with Gasteiger partial charge in [-0.15, -0.1) is 0 Å². The van der Waals surface area contributed by atoms with Gasteiger partial charge in [-0.2, -0.15) is 0 Å². The van der Waals surface area contributed by atoms with Crippen molar-refractivity contribution in [3.63, 3.8) is 0 Å². The Balaban J connectivity index is 2.49. The highest BCUT2D eigenvalue weighted by Crippen LogP contribution is 2.02. The topological polar surface area (TPSA) is 29.5 Å². The van der Waals surface area contributed by atoms with Crippen molar-refractivity contribution in [2.75, 3.05) is 13.2 Å². The SMILES string of the molecule is C/C=C/N1CCOC1=O. The molecule has 0 saturated carbocycles. The predicted octanol–water partition coefficient (Wildman–Crippen LogP) is 0.972. The number of cyclic esters (lactones) is 1. The Morgan fingerprint density at radius 2 is 2.56 bits per heavy atom. The molecule has 9 heavy (non-hydrogen) atoms. The van der Waals surface area contributed by atoms with Gasteiger partial charge in [-0.3, -0.25) is 4.90 Å². The van der Waals surface area contributed by atoms with E-state index in [1.54, 1.807) is 11.1 Å². The number of rotatable bonds is 1. The van der Waals surface area contributed by atoms with Crippen LogP contribution in [0.5, 0.6) is 0 Å². The van der Waals surface area contributed by atoms with Crippen molar-refractivity contribution in [1.82, 2.24) is 4.90 Å². The molecule has 1 rings (SSSR count). The van der Waals surface area contributed by atoms with E-state index in [1.165, 1.54) is 0 Å². The van der Waals surface area contributed by atoms with E-state index in [-0.39, 0.29) is 6.09 Å². The average molecular weight is 127 g/mol.